The lowest BCUT2D eigenvalue weighted by molar-refractivity contribution is 0.353. The SMILES string of the molecule is C1=CSC(C2CCNCC2)N1. The van der Waals surface area contributed by atoms with E-state index in [9.17, 15) is 0 Å². The van der Waals surface area contributed by atoms with Gasteiger partial charge in [0.15, 0.2) is 0 Å². The van der Waals surface area contributed by atoms with Gasteiger partial charge >= 0.3 is 0 Å². The van der Waals surface area contributed by atoms with E-state index in [4.69, 9.17) is 0 Å². The molecule has 0 aromatic heterocycles. The van der Waals surface area contributed by atoms with Crippen molar-refractivity contribution in [3.63, 3.8) is 0 Å². The monoisotopic (exact) mass is 170 g/mol. The van der Waals surface area contributed by atoms with E-state index in [1.54, 1.807) is 0 Å². The smallest absolute Gasteiger partial charge is 0.0787 e. The number of hydrogen-bond acceptors (Lipinski definition) is 3. The molecule has 1 unspecified atom stereocenters. The molecule has 11 heavy (non-hydrogen) atoms. The summed E-state index contributed by atoms with van der Waals surface area (Å²) in [5, 5.41) is 9.59. The van der Waals surface area contributed by atoms with E-state index in [0.29, 0.717) is 5.37 Å². The summed E-state index contributed by atoms with van der Waals surface area (Å²) in [6.07, 6.45) is 4.72. The lowest BCUT2D eigenvalue weighted by Gasteiger charge is -2.27. The van der Waals surface area contributed by atoms with E-state index in [1.807, 2.05) is 11.8 Å². The second kappa shape index (κ2) is 3.50. The molecule has 1 saturated heterocycles. The largest absolute Gasteiger partial charge is 0.378 e. The average Bonchev–Trinajstić information content (AvgIpc) is 2.58. The highest BCUT2D eigenvalue weighted by atomic mass is 32.2. The van der Waals surface area contributed by atoms with Gasteiger partial charge in [-0.05, 0) is 37.3 Å². The summed E-state index contributed by atoms with van der Waals surface area (Å²) in [6.45, 7) is 2.40. The number of nitrogens with one attached hydrogen (secondary N) is 2. The lowest BCUT2D eigenvalue weighted by Crippen LogP contribution is -2.36. The molecule has 0 spiro atoms. The predicted octanol–water partition coefficient (Wildman–Crippen LogP) is 1.12. The molecule has 2 heterocycles. The van der Waals surface area contributed by atoms with Gasteiger partial charge < -0.3 is 10.6 Å². The highest BCUT2D eigenvalue weighted by Gasteiger charge is 2.23. The molecule has 1 atom stereocenters. The van der Waals surface area contributed by atoms with Crippen LogP contribution in [0.4, 0.5) is 0 Å². The number of piperidine rings is 1. The zero-order chi connectivity index (χ0) is 7.52. The van der Waals surface area contributed by atoms with Crippen molar-refractivity contribution in [2.45, 2.75) is 18.2 Å². The van der Waals surface area contributed by atoms with Gasteiger partial charge in [-0.2, -0.15) is 0 Å². The molecule has 0 aliphatic carbocycles. The average molecular weight is 170 g/mol. The first-order chi connectivity index (χ1) is 5.47. The minimum Gasteiger partial charge on any atom is -0.378 e. The van der Waals surface area contributed by atoms with Gasteiger partial charge in [-0.15, -0.1) is 11.8 Å². The minimum atomic E-state index is 0.664. The molecule has 0 saturated carbocycles. The van der Waals surface area contributed by atoms with Gasteiger partial charge in [0.1, 0.15) is 0 Å². The van der Waals surface area contributed by atoms with Crippen molar-refractivity contribution in [2.24, 2.45) is 5.92 Å². The van der Waals surface area contributed by atoms with Crippen LogP contribution >= 0.6 is 11.8 Å². The quantitative estimate of drug-likeness (QED) is 0.616. The molecule has 0 amide bonds. The zero-order valence-electron chi connectivity index (χ0n) is 6.55. The summed E-state index contributed by atoms with van der Waals surface area (Å²) in [7, 11) is 0. The van der Waals surface area contributed by atoms with Crippen LogP contribution in [0.5, 0.6) is 0 Å². The first-order valence-corrected chi connectivity index (χ1v) is 5.18. The maximum atomic E-state index is 3.38. The Balaban J connectivity index is 1.83. The Morgan fingerprint density at radius 1 is 1.27 bits per heavy atom. The third-order valence-electron chi connectivity index (χ3n) is 2.37. The van der Waals surface area contributed by atoms with Crippen LogP contribution in [-0.2, 0) is 0 Å². The van der Waals surface area contributed by atoms with Crippen molar-refractivity contribution in [3.8, 4) is 0 Å². The van der Waals surface area contributed by atoms with Gasteiger partial charge in [0, 0.05) is 6.20 Å². The van der Waals surface area contributed by atoms with Crippen LogP contribution in [0.3, 0.4) is 0 Å². The van der Waals surface area contributed by atoms with E-state index in [2.05, 4.69) is 22.2 Å². The third-order valence-corrected chi connectivity index (χ3v) is 3.47. The second-order valence-electron chi connectivity index (χ2n) is 3.11. The fourth-order valence-corrected chi connectivity index (χ4v) is 2.67. The lowest BCUT2D eigenvalue weighted by atomic mass is 9.98. The molecule has 2 N–H and O–H groups in total. The first kappa shape index (κ1) is 7.50. The first-order valence-electron chi connectivity index (χ1n) is 4.24. The molecule has 2 aliphatic heterocycles. The van der Waals surface area contributed by atoms with E-state index in [1.165, 1.54) is 25.9 Å². The van der Waals surface area contributed by atoms with E-state index in [0.717, 1.165) is 5.92 Å². The van der Waals surface area contributed by atoms with E-state index < -0.39 is 0 Å². The Morgan fingerprint density at radius 2 is 2.09 bits per heavy atom. The Labute approximate surface area is 71.8 Å². The van der Waals surface area contributed by atoms with Gasteiger partial charge in [0.2, 0.25) is 0 Å². The molecule has 2 aliphatic rings. The van der Waals surface area contributed by atoms with Crippen LogP contribution in [0.15, 0.2) is 11.6 Å². The molecule has 0 aromatic rings. The topological polar surface area (TPSA) is 24.1 Å². The molecule has 0 radical (unpaired) electrons. The predicted molar refractivity (Wildman–Crippen MR) is 49.2 cm³/mol. The van der Waals surface area contributed by atoms with Crippen LogP contribution in [0.25, 0.3) is 0 Å². The highest BCUT2D eigenvalue weighted by Crippen LogP contribution is 2.28. The van der Waals surface area contributed by atoms with Crippen molar-refractivity contribution < 1.29 is 0 Å². The fourth-order valence-electron chi connectivity index (χ4n) is 1.69. The standard InChI is InChI=1S/C8H14N2S/c1-3-9-4-2-7(1)8-10-5-6-11-8/h5-10H,1-4H2. The Bertz CT molecular complexity index is 144. The van der Waals surface area contributed by atoms with Crippen LogP contribution in [0.1, 0.15) is 12.8 Å². The van der Waals surface area contributed by atoms with Crippen molar-refractivity contribution in [2.75, 3.05) is 13.1 Å². The van der Waals surface area contributed by atoms with Gasteiger partial charge in [0.25, 0.3) is 0 Å². The van der Waals surface area contributed by atoms with Gasteiger partial charge in [-0.25, -0.2) is 0 Å². The molecular weight excluding hydrogens is 156 g/mol. The van der Waals surface area contributed by atoms with Crippen molar-refractivity contribution in [1.29, 1.82) is 0 Å². The fraction of sp³-hybridized carbons (Fsp3) is 0.750. The van der Waals surface area contributed by atoms with E-state index >= 15 is 0 Å². The summed E-state index contributed by atoms with van der Waals surface area (Å²) < 4.78 is 0. The van der Waals surface area contributed by atoms with Crippen molar-refractivity contribution in [3.05, 3.63) is 11.6 Å². The molecule has 2 rings (SSSR count). The molecule has 3 heteroatoms. The summed E-state index contributed by atoms with van der Waals surface area (Å²) >= 11 is 1.93. The summed E-state index contributed by atoms with van der Waals surface area (Å²) in [6, 6.07) is 0. The van der Waals surface area contributed by atoms with Gasteiger partial charge in [0.05, 0.1) is 5.37 Å². The number of thioether (sulfide) groups is 1. The minimum absolute atomic E-state index is 0.664. The molecule has 0 bridgehead atoms. The maximum Gasteiger partial charge on any atom is 0.0787 e. The highest BCUT2D eigenvalue weighted by molar-refractivity contribution is 8.02. The molecular formula is C8H14N2S. The molecule has 1 fully saturated rings. The van der Waals surface area contributed by atoms with Crippen molar-refractivity contribution in [1.82, 2.24) is 10.6 Å². The second-order valence-corrected chi connectivity index (χ2v) is 4.17. The number of rotatable bonds is 1. The van der Waals surface area contributed by atoms with Gasteiger partial charge in [-0.3, -0.25) is 0 Å². The Hall–Kier alpha value is -0.150. The maximum absolute atomic E-state index is 3.38. The number of hydrogen-bond donors (Lipinski definition) is 2. The van der Waals surface area contributed by atoms with Crippen LogP contribution in [0, 0.1) is 5.92 Å². The Morgan fingerprint density at radius 3 is 2.73 bits per heavy atom. The van der Waals surface area contributed by atoms with Crippen LogP contribution in [-0.4, -0.2) is 18.5 Å². The zero-order valence-corrected chi connectivity index (χ0v) is 7.36. The Kier molecular flexibility index (Phi) is 2.38. The normalized spacial score (nSPS) is 32.2. The van der Waals surface area contributed by atoms with Gasteiger partial charge in [-0.1, -0.05) is 0 Å². The van der Waals surface area contributed by atoms with Crippen LogP contribution in [0.2, 0.25) is 0 Å². The molecule has 0 aromatic carbocycles. The molecule has 2 nitrogen and oxygen atoms in total. The summed E-state index contributed by atoms with van der Waals surface area (Å²) in [5.74, 6) is 0.872. The van der Waals surface area contributed by atoms with Crippen molar-refractivity contribution >= 4 is 11.8 Å². The third kappa shape index (κ3) is 1.71. The summed E-state index contributed by atoms with van der Waals surface area (Å²) in [4.78, 5) is 0. The summed E-state index contributed by atoms with van der Waals surface area (Å²) in [5.41, 5.74) is 0. The van der Waals surface area contributed by atoms with E-state index in [-0.39, 0.29) is 0 Å². The molecule has 62 valence electrons. The van der Waals surface area contributed by atoms with Crippen LogP contribution < -0.4 is 10.6 Å².